The predicted molar refractivity (Wildman–Crippen MR) is 53.8 cm³/mol. The van der Waals surface area contributed by atoms with Crippen LogP contribution < -0.4 is 4.74 Å². The van der Waals surface area contributed by atoms with Gasteiger partial charge in [-0.25, -0.2) is 0 Å². The fourth-order valence-electron chi connectivity index (χ4n) is 1.21. The molecule has 0 saturated carbocycles. The van der Waals surface area contributed by atoms with Crippen molar-refractivity contribution >= 4 is 5.97 Å². The zero-order valence-corrected chi connectivity index (χ0v) is 9.21. The minimum atomic E-state index is -4.79. The molecule has 17 heavy (non-hydrogen) atoms. The Morgan fingerprint density at radius 1 is 1.29 bits per heavy atom. The molecule has 0 aromatic heterocycles. The normalized spacial score (nSPS) is 12.3. The van der Waals surface area contributed by atoms with Crippen LogP contribution in [0.25, 0.3) is 0 Å². The molecule has 0 fully saturated rings. The fraction of sp³-hybridized carbons (Fsp3) is 0.364. The van der Waals surface area contributed by atoms with E-state index in [1.165, 1.54) is 26.0 Å². The first-order valence-electron chi connectivity index (χ1n) is 4.72. The van der Waals surface area contributed by atoms with E-state index in [9.17, 15) is 18.0 Å². The molecule has 1 aromatic rings. The Labute approximate surface area is 95.8 Å². The van der Waals surface area contributed by atoms with Crippen molar-refractivity contribution in [3.63, 3.8) is 0 Å². The van der Waals surface area contributed by atoms with Gasteiger partial charge in [-0.05, 0) is 31.5 Å². The summed E-state index contributed by atoms with van der Waals surface area (Å²) in [5.74, 6) is -1.55. The molecule has 6 heteroatoms. The molecule has 1 N–H and O–H groups in total. The number of halogens is 3. The van der Waals surface area contributed by atoms with Crippen molar-refractivity contribution in [2.24, 2.45) is 0 Å². The lowest BCUT2D eigenvalue weighted by Gasteiger charge is -2.20. The SMILES string of the molecule is CC(C)(C(=O)O)c1cccc(OC(F)(F)F)c1. The van der Waals surface area contributed by atoms with Crippen molar-refractivity contribution in [1.82, 2.24) is 0 Å². The number of carboxylic acids is 1. The van der Waals surface area contributed by atoms with E-state index in [1.54, 1.807) is 0 Å². The van der Waals surface area contributed by atoms with Gasteiger partial charge < -0.3 is 9.84 Å². The first-order valence-corrected chi connectivity index (χ1v) is 4.72. The maximum atomic E-state index is 12.0. The molecule has 0 radical (unpaired) electrons. The summed E-state index contributed by atoms with van der Waals surface area (Å²) in [5.41, 5.74) is -1.03. The van der Waals surface area contributed by atoms with Crippen molar-refractivity contribution in [3.05, 3.63) is 29.8 Å². The van der Waals surface area contributed by atoms with Gasteiger partial charge in [-0.15, -0.1) is 13.2 Å². The number of alkyl halides is 3. The van der Waals surface area contributed by atoms with E-state index in [0.717, 1.165) is 12.1 Å². The lowest BCUT2D eigenvalue weighted by atomic mass is 9.85. The van der Waals surface area contributed by atoms with Crippen LogP contribution in [0.4, 0.5) is 13.2 Å². The third-order valence-electron chi connectivity index (χ3n) is 2.32. The second-order valence-electron chi connectivity index (χ2n) is 4.01. The molecule has 0 aliphatic carbocycles. The second-order valence-corrected chi connectivity index (χ2v) is 4.01. The van der Waals surface area contributed by atoms with E-state index in [-0.39, 0.29) is 5.56 Å². The molecular formula is C11H11F3O3. The Kier molecular flexibility index (Phi) is 3.35. The molecule has 1 rings (SSSR count). The third kappa shape index (κ3) is 3.37. The van der Waals surface area contributed by atoms with Crippen LogP contribution in [0.5, 0.6) is 5.75 Å². The van der Waals surface area contributed by atoms with Gasteiger partial charge in [-0.3, -0.25) is 4.79 Å². The smallest absolute Gasteiger partial charge is 0.481 e. The number of hydrogen-bond donors (Lipinski definition) is 1. The Balaban J connectivity index is 3.06. The van der Waals surface area contributed by atoms with Crippen molar-refractivity contribution in [2.45, 2.75) is 25.6 Å². The molecule has 0 unspecified atom stereocenters. The zero-order chi connectivity index (χ0) is 13.3. The Morgan fingerprint density at radius 3 is 2.35 bits per heavy atom. The van der Waals surface area contributed by atoms with E-state index in [4.69, 9.17) is 5.11 Å². The molecule has 0 aliphatic rings. The number of ether oxygens (including phenoxy) is 1. The molecule has 0 aliphatic heterocycles. The maximum absolute atomic E-state index is 12.0. The number of carbonyl (C=O) groups is 1. The van der Waals surface area contributed by atoms with Crippen LogP contribution in [0.15, 0.2) is 24.3 Å². The highest BCUT2D eigenvalue weighted by atomic mass is 19.4. The van der Waals surface area contributed by atoms with Gasteiger partial charge in [-0.2, -0.15) is 0 Å². The van der Waals surface area contributed by atoms with E-state index < -0.39 is 23.5 Å². The summed E-state index contributed by atoms with van der Waals surface area (Å²) < 4.78 is 39.7. The summed E-state index contributed by atoms with van der Waals surface area (Å²) in [6.07, 6.45) is -4.79. The summed E-state index contributed by atoms with van der Waals surface area (Å²) in [4.78, 5) is 11.0. The molecule has 0 amide bonds. The van der Waals surface area contributed by atoms with Gasteiger partial charge >= 0.3 is 12.3 Å². The first kappa shape index (κ1) is 13.3. The van der Waals surface area contributed by atoms with Gasteiger partial charge in [0.1, 0.15) is 5.75 Å². The minimum Gasteiger partial charge on any atom is -0.481 e. The Morgan fingerprint density at radius 2 is 1.88 bits per heavy atom. The number of benzene rings is 1. The van der Waals surface area contributed by atoms with Crippen molar-refractivity contribution in [2.75, 3.05) is 0 Å². The van der Waals surface area contributed by atoms with Crippen LogP contribution in [-0.4, -0.2) is 17.4 Å². The lowest BCUT2D eigenvalue weighted by Crippen LogP contribution is -2.28. The minimum absolute atomic E-state index is 0.242. The number of aliphatic carboxylic acids is 1. The number of hydrogen-bond acceptors (Lipinski definition) is 2. The number of carboxylic acid groups (broad SMARTS) is 1. The van der Waals surface area contributed by atoms with Crippen LogP contribution in [0, 0.1) is 0 Å². The quantitative estimate of drug-likeness (QED) is 0.894. The van der Waals surface area contributed by atoms with Gasteiger partial charge in [0.05, 0.1) is 5.41 Å². The molecule has 1 aromatic carbocycles. The van der Waals surface area contributed by atoms with E-state index in [2.05, 4.69) is 4.74 Å². The highest BCUT2D eigenvalue weighted by Gasteiger charge is 2.33. The van der Waals surface area contributed by atoms with Gasteiger partial charge in [0.2, 0.25) is 0 Å². The fourth-order valence-corrected chi connectivity index (χ4v) is 1.21. The molecule has 0 spiro atoms. The highest BCUT2D eigenvalue weighted by molar-refractivity contribution is 5.80. The average Bonchev–Trinajstić information content (AvgIpc) is 2.15. The molecular weight excluding hydrogens is 237 g/mol. The van der Waals surface area contributed by atoms with Gasteiger partial charge in [-0.1, -0.05) is 12.1 Å². The van der Waals surface area contributed by atoms with Crippen molar-refractivity contribution in [3.8, 4) is 5.75 Å². The topological polar surface area (TPSA) is 46.5 Å². The van der Waals surface area contributed by atoms with Crippen LogP contribution in [-0.2, 0) is 10.2 Å². The Hall–Kier alpha value is -1.72. The monoisotopic (exact) mass is 248 g/mol. The summed E-state index contributed by atoms with van der Waals surface area (Å²) >= 11 is 0. The first-order chi connectivity index (χ1) is 7.63. The zero-order valence-electron chi connectivity index (χ0n) is 9.21. The highest BCUT2D eigenvalue weighted by Crippen LogP contribution is 2.29. The maximum Gasteiger partial charge on any atom is 0.573 e. The lowest BCUT2D eigenvalue weighted by molar-refractivity contribution is -0.274. The summed E-state index contributed by atoms with van der Waals surface area (Å²) in [7, 11) is 0. The number of rotatable bonds is 3. The van der Waals surface area contributed by atoms with Crippen LogP contribution in [0.2, 0.25) is 0 Å². The van der Waals surface area contributed by atoms with E-state index in [0.29, 0.717) is 0 Å². The molecule has 0 heterocycles. The van der Waals surface area contributed by atoms with Gasteiger partial charge in [0.25, 0.3) is 0 Å². The van der Waals surface area contributed by atoms with E-state index in [1.807, 2.05) is 0 Å². The summed E-state index contributed by atoms with van der Waals surface area (Å²) in [6, 6.07) is 4.95. The van der Waals surface area contributed by atoms with Gasteiger partial charge in [0.15, 0.2) is 0 Å². The molecule has 3 nitrogen and oxygen atoms in total. The molecule has 0 bridgehead atoms. The third-order valence-corrected chi connectivity index (χ3v) is 2.32. The van der Waals surface area contributed by atoms with Gasteiger partial charge in [0, 0.05) is 0 Å². The molecule has 0 saturated heterocycles. The molecule has 0 atom stereocenters. The molecule has 94 valence electrons. The van der Waals surface area contributed by atoms with Crippen molar-refractivity contribution < 1.29 is 27.8 Å². The summed E-state index contributed by atoms with van der Waals surface area (Å²) in [6.45, 7) is 2.81. The predicted octanol–water partition coefficient (Wildman–Crippen LogP) is 2.95. The van der Waals surface area contributed by atoms with Crippen molar-refractivity contribution in [1.29, 1.82) is 0 Å². The van der Waals surface area contributed by atoms with E-state index >= 15 is 0 Å². The van der Waals surface area contributed by atoms with Crippen LogP contribution in [0.3, 0.4) is 0 Å². The second kappa shape index (κ2) is 4.27. The largest absolute Gasteiger partial charge is 0.573 e. The summed E-state index contributed by atoms with van der Waals surface area (Å²) in [5, 5.41) is 8.96. The van der Waals surface area contributed by atoms with Crippen LogP contribution >= 0.6 is 0 Å². The average molecular weight is 248 g/mol. The van der Waals surface area contributed by atoms with Crippen LogP contribution in [0.1, 0.15) is 19.4 Å². The standard InChI is InChI=1S/C11H11F3O3/c1-10(2,9(15)16)7-4-3-5-8(6-7)17-11(12,13)14/h3-6H,1-2H3,(H,15,16). The Bertz CT molecular complexity index is 424.